The molecule has 1 aliphatic heterocycles. The Kier molecular flexibility index (Phi) is 5.55. The first-order valence-corrected chi connectivity index (χ1v) is 9.97. The van der Waals surface area contributed by atoms with E-state index in [1.807, 2.05) is 25.3 Å². The second-order valence-corrected chi connectivity index (χ2v) is 7.74. The second-order valence-electron chi connectivity index (χ2n) is 7.74. The van der Waals surface area contributed by atoms with Crippen LogP contribution in [0.3, 0.4) is 0 Å². The van der Waals surface area contributed by atoms with Crippen molar-refractivity contribution in [3.8, 4) is 0 Å². The van der Waals surface area contributed by atoms with Gasteiger partial charge in [0.15, 0.2) is 0 Å². The van der Waals surface area contributed by atoms with E-state index in [0.29, 0.717) is 0 Å². The van der Waals surface area contributed by atoms with Crippen LogP contribution in [0.25, 0.3) is 11.0 Å². The quantitative estimate of drug-likeness (QED) is 0.639. The van der Waals surface area contributed by atoms with Crippen LogP contribution in [0.4, 0.5) is 0 Å². The predicted octanol–water partition coefficient (Wildman–Crippen LogP) is 3.17. The predicted molar refractivity (Wildman–Crippen MR) is 112 cm³/mol. The summed E-state index contributed by atoms with van der Waals surface area (Å²) in [5.74, 6) is 0. The Morgan fingerprint density at radius 1 is 1.04 bits per heavy atom. The van der Waals surface area contributed by atoms with Crippen LogP contribution in [0.1, 0.15) is 22.4 Å². The zero-order valence-electron chi connectivity index (χ0n) is 16.6. The number of nitrogens with zero attached hydrogens (tertiary/aromatic N) is 3. The van der Waals surface area contributed by atoms with Gasteiger partial charge in [-0.25, -0.2) is 4.79 Å². The SMILES string of the molecule is Cc1cc(C)c2oc(=O)cc(CN3CCN(CCc4ccccn4)CC3)c2c1. The van der Waals surface area contributed by atoms with E-state index < -0.39 is 0 Å². The Hall–Kier alpha value is -2.50. The first-order valence-electron chi connectivity index (χ1n) is 9.97. The molecule has 5 nitrogen and oxygen atoms in total. The van der Waals surface area contributed by atoms with Gasteiger partial charge in [0.2, 0.25) is 0 Å². The summed E-state index contributed by atoms with van der Waals surface area (Å²) in [6.45, 7) is 10.0. The molecule has 0 bridgehead atoms. The summed E-state index contributed by atoms with van der Waals surface area (Å²) in [6, 6.07) is 11.9. The van der Waals surface area contributed by atoms with Gasteiger partial charge >= 0.3 is 5.63 Å². The largest absolute Gasteiger partial charge is 0.422 e. The van der Waals surface area contributed by atoms with E-state index in [2.05, 4.69) is 39.9 Å². The number of fused-ring (bicyclic) bond motifs is 1. The first-order chi connectivity index (χ1) is 13.6. The summed E-state index contributed by atoms with van der Waals surface area (Å²) >= 11 is 0. The van der Waals surface area contributed by atoms with Gasteiger partial charge in [0.25, 0.3) is 0 Å². The zero-order valence-corrected chi connectivity index (χ0v) is 16.6. The van der Waals surface area contributed by atoms with Crippen LogP contribution in [0.5, 0.6) is 0 Å². The van der Waals surface area contributed by atoms with E-state index in [1.165, 1.54) is 5.56 Å². The smallest absolute Gasteiger partial charge is 0.336 e. The van der Waals surface area contributed by atoms with Crippen LogP contribution in [0.2, 0.25) is 0 Å². The van der Waals surface area contributed by atoms with Crippen molar-refractivity contribution >= 4 is 11.0 Å². The average molecular weight is 377 g/mol. The monoisotopic (exact) mass is 377 g/mol. The Balaban J connectivity index is 1.40. The molecule has 0 radical (unpaired) electrons. The van der Waals surface area contributed by atoms with Crippen molar-refractivity contribution in [2.45, 2.75) is 26.8 Å². The maximum atomic E-state index is 12.1. The van der Waals surface area contributed by atoms with Gasteiger partial charge < -0.3 is 9.32 Å². The standard InChI is InChI=1S/C23H27N3O2/c1-17-13-18(2)23-21(14-17)19(15-22(27)28-23)16-26-11-9-25(10-12-26)8-6-20-5-3-4-7-24-20/h3-5,7,13-15H,6,8-12,16H2,1-2H3. The van der Waals surface area contributed by atoms with Crippen LogP contribution in [-0.2, 0) is 13.0 Å². The third kappa shape index (κ3) is 4.32. The molecular weight excluding hydrogens is 350 g/mol. The highest BCUT2D eigenvalue weighted by Crippen LogP contribution is 2.24. The lowest BCUT2D eigenvalue weighted by atomic mass is 10.0. The van der Waals surface area contributed by atoms with Crippen molar-refractivity contribution < 1.29 is 4.42 Å². The summed E-state index contributed by atoms with van der Waals surface area (Å²) in [5.41, 5.74) is 4.90. The molecule has 4 rings (SSSR count). The minimum absolute atomic E-state index is 0.261. The Morgan fingerprint density at radius 2 is 1.82 bits per heavy atom. The lowest BCUT2D eigenvalue weighted by Gasteiger charge is -2.34. The number of benzene rings is 1. The van der Waals surface area contributed by atoms with Crippen LogP contribution < -0.4 is 5.63 Å². The highest BCUT2D eigenvalue weighted by atomic mass is 16.4. The highest BCUT2D eigenvalue weighted by Gasteiger charge is 2.18. The third-order valence-electron chi connectivity index (χ3n) is 5.53. The molecule has 0 N–H and O–H groups in total. The molecule has 2 aromatic heterocycles. The lowest BCUT2D eigenvalue weighted by Crippen LogP contribution is -2.46. The van der Waals surface area contributed by atoms with Crippen molar-refractivity contribution in [3.63, 3.8) is 0 Å². The summed E-state index contributed by atoms with van der Waals surface area (Å²) in [4.78, 5) is 21.4. The number of hydrogen-bond acceptors (Lipinski definition) is 5. The molecule has 0 atom stereocenters. The Bertz CT molecular complexity index is 1010. The minimum Gasteiger partial charge on any atom is -0.422 e. The van der Waals surface area contributed by atoms with E-state index in [4.69, 9.17) is 4.42 Å². The van der Waals surface area contributed by atoms with E-state index in [0.717, 1.165) is 73.5 Å². The van der Waals surface area contributed by atoms with Crippen molar-refractivity contribution in [3.05, 3.63) is 75.4 Å². The maximum absolute atomic E-state index is 12.1. The fourth-order valence-electron chi connectivity index (χ4n) is 4.04. The van der Waals surface area contributed by atoms with E-state index in [1.54, 1.807) is 6.07 Å². The zero-order chi connectivity index (χ0) is 19.5. The molecule has 1 aromatic carbocycles. The number of rotatable bonds is 5. The van der Waals surface area contributed by atoms with Gasteiger partial charge in [0.05, 0.1) is 0 Å². The molecule has 0 aliphatic carbocycles. The molecule has 28 heavy (non-hydrogen) atoms. The fraction of sp³-hybridized carbons (Fsp3) is 0.391. The van der Waals surface area contributed by atoms with Crippen molar-refractivity contribution in [2.24, 2.45) is 0 Å². The molecule has 3 aromatic rings. The van der Waals surface area contributed by atoms with Gasteiger partial charge in [0.1, 0.15) is 5.58 Å². The molecule has 146 valence electrons. The molecule has 0 unspecified atom stereocenters. The van der Waals surface area contributed by atoms with E-state index >= 15 is 0 Å². The topological polar surface area (TPSA) is 49.6 Å². The summed E-state index contributed by atoms with van der Waals surface area (Å²) < 4.78 is 5.48. The number of piperazine rings is 1. The van der Waals surface area contributed by atoms with Crippen LogP contribution in [-0.4, -0.2) is 47.5 Å². The normalized spacial score (nSPS) is 15.9. The van der Waals surface area contributed by atoms with Crippen LogP contribution in [0.15, 0.2) is 51.8 Å². The second kappa shape index (κ2) is 8.25. The van der Waals surface area contributed by atoms with E-state index in [9.17, 15) is 4.79 Å². The van der Waals surface area contributed by atoms with Gasteiger partial charge in [-0.05, 0) is 48.7 Å². The number of aryl methyl sites for hydroxylation is 2. The average Bonchev–Trinajstić information content (AvgIpc) is 2.69. The highest BCUT2D eigenvalue weighted by molar-refractivity contribution is 5.83. The first kappa shape index (κ1) is 18.8. The van der Waals surface area contributed by atoms with Crippen LogP contribution in [0, 0.1) is 13.8 Å². The van der Waals surface area contributed by atoms with Crippen molar-refractivity contribution in [1.82, 2.24) is 14.8 Å². The number of pyridine rings is 1. The van der Waals surface area contributed by atoms with Gasteiger partial charge in [-0.1, -0.05) is 12.1 Å². The molecule has 0 spiro atoms. The molecule has 1 saturated heterocycles. The molecular formula is C23H27N3O2. The number of hydrogen-bond donors (Lipinski definition) is 0. The van der Waals surface area contributed by atoms with Gasteiger partial charge in [-0.15, -0.1) is 0 Å². The summed E-state index contributed by atoms with van der Waals surface area (Å²) in [5, 5.41) is 1.06. The summed E-state index contributed by atoms with van der Waals surface area (Å²) in [6.07, 6.45) is 2.85. The van der Waals surface area contributed by atoms with Gasteiger partial charge in [-0.2, -0.15) is 0 Å². The Morgan fingerprint density at radius 3 is 2.57 bits per heavy atom. The summed E-state index contributed by atoms with van der Waals surface area (Å²) in [7, 11) is 0. The number of aromatic nitrogens is 1. The lowest BCUT2D eigenvalue weighted by molar-refractivity contribution is 0.128. The minimum atomic E-state index is -0.261. The molecule has 1 aliphatic rings. The maximum Gasteiger partial charge on any atom is 0.336 e. The fourth-order valence-corrected chi connectivity index (χ4v) is 4.04. The molecule has 5 heteroatoms. The van der Waals surface area contributed by atoms with Crippen molar-refractivity contribution in [1.29, 1.82) is 0 Å². The molecule has 1 fully saturated rings. The Labute approximate surface area is 165 Å². The van der Waals surface area contributed by atoms with E-state index in [-0.39, 0.29) is 5.63 Å². The van der Waals surface area contributed by atoms with Gasteiger partial charge in [-0.3, -0.25) is 9.88 Å². The molecule has 3 heterocycles. The molecule has 0 amide bonds. The third-order valence-corrected chi connectivity index (χ3v) is 5.53. The van der Waals surface area contributed by atoms with Gasteiger partial charge in [0, 0.05) is 69.0 Å². The van der Waals surface area contributed by atoms with Crippen molar-refractivity contribution in [2.75, 3.05) is 32.7 Å². The molecule has 0 saturated carbocycles. The van der Waals surface area contributed by atoms with Crippen LogP contribution >= 0.6 is 0 Å².